The normalized spacial score (nSPS) is 25.0. The molecule has 2 unspecified atom stereocenters. The largest absolute Gasteiger partial charge is 0.350 e. The number of aromatic nitrogens is 1. The molecule has 2 amide bonds. The van der Waals surface area contributed by atoms with E-state index in [-0.39, 0.29) is 11.8 Å². The van der Waals surface area contributed by atoms with Crippen LogP contribution in [0.2, 0.25) is 0 Å². The smallest absolute Gasteiger partial charge is 0.244 e. The molecule has 0 aliphatic carbocycles. The lowest BCUT2D eigenvalue weighted by Crippen LogP contribution is -2.49. The molecule has 25 heavy (non-hydrogen) atoms. The van der Waals surface area contributed by atoms with Gasteiger partial charge in [-0.1, -0.05) is 36.4 Å². The van der Waals surface area contributed by atoms with Gasteiger partial charge in [0.05, 0.1) is 0 Å². The third-order valence-electron chi connectivity index (χ3n) is 4.84. The van der Waals surface area contributed by atoms with Crippen LogP contribution in [0.3, 0.4) is 0 Å². The lowest BCUT2D eigenvalue weighted by molar-refractivity contribution is -0.138. The molecular weight excluding hydrogens is 334 g/mol. The molecule has 2 aliphatic heterocycles. The number of benzene rings is 1. The molecule has 2 fully saturated rings. The van der Waals surface area contributed by atoms with Gasteiger partial charge in [0, 0.05) is 31.1 Å². The van der Waals surface area contributed by atoms with Crippen molar-refractivity contribution in [1.29, 1.82) is 0 Å². The molecule has 2 saturated heterocycles. The van der Waals surface area contributed by atoms with Gasteiger partial charge in [0.2, 0.25) is 11.8 Å². The van der Waals surface area contributed by atoms with Crippen LogP contribution in [0.15, 0.2) is 54.9 Å². The Balaban J connectivity index is 1.54. The fourth-order valence-corrected chi connectivity index (χ4v) is 5.30. The molecule has 4 rings (SSSR count). The lowest BCUT2D eigenvalue weighted by atomic mass is 10.0. The highest BCUT2D eigenvalue weighted by atomic mass is 32.2. The second kappa shape index (κ2) is 6.52. The fourth-order valence-electron chi connectivity index (χ4n) is 3.65. The fraction of sp³-hybridized carbons (Fsp3) is 0.316. The number of thioether (sulfide) groups is 1. The van der Waals surface area contributed by atoms with Crippen molar-refractivity contribution in [2.24, 2.45) is 0 Å². The van der Waals surface area contributed by atoms with Crippen LogP contribution in [0.1, 0.15) is 24.0 Å². The Morgan fingerprint density at radius 2 is 2.12 bits per heavy atom. The minimum Gasteiger partial charge on any atom is -0.350 e. The molecule has 128 valence electrons. The van der Waals surface area contributed by atoms with Crippen LogP contribution >= 0.6 is 11.8 Å². The van der Waals surface area contributed by atoms with E-state index in [9.17, 15) is 9.59 Å². The highest BCUT2D eigenvalue weighted by molar-refractivity contribution is 8.00. The number of carbonyl (C=O) groups is 2. The maximum Gasteiger partial charge on any atom is 0.244 e. The van der Waals surface area contributed by atoms with E-state index in [4.69, 9.17) is 0 Å². The monoisotopic (exact) mass is 353 g/mol. The van der Waals surface area contributed by atoms with Crippen LogP contribution in [-0.2, 0) is 21.0 Å². The first-order valence-corrected chi connectivity index (χ1v) is 9.37. The topological polar surface area (TPSA) is 62.3 Å². The summed E-state index contributed by atoms with van der Waals surface area (Å²) in [5.74, 6) is 0.597. The van der Waals surface area contributed by atoms with Gasteiger partial charge in [-0.3, -0.25) is 14.6 Å². The van der Waals surface area contributed by atoms with E-state index >= 15 is 0 Å². The van der Waals surface area contributed by atoms with Gasteiger partial charge in [0.25, 0.3) is 0 Å². The molecule has 2 aromatic rings. The standard InChI is InChI=1S/C19H19N3O2S/c23-17-8-9-19(15-6-2-1-3-7-15)22(17)16(13-25-19)18(24)21-12-14-5-4-10-20-11-14/h1-7,10-11,16H,8-9,12-13H2,(H,21,24). The minimum absolute atomic E-state index is 0.0652. The Bertz CT molecular complexity index is 784. The average Bonchev–Trinajstić information content (AvgIpc) is 3.21. The van der Waals surface area contributed by atoms with E-state index in [1.54, 1.807) is 24.2 Å². The third kappa shape index (κ3) is 2.80. The minimum atomic E-state index is -0.420. The summed E-state index contributed by atoms with van der Waals surface area (Å²) in [6.07, 6.45) is 4.69. The first kappa shape index (κ1) is 16.1. The number of fused-ring (bicyclic) bond motifs is 1. The van der Waals surface area contributed by atoms with Gasteiger partial charge in [0.15, 0.2) is 0 Å². The molecule has 2 aliphatic rings. The van der Waals surface area contributed by atoms with Crippen LogP contribution in [0.4, 0.5) is 0 Å². The summed E-state index contributed by atoms with van der Waals surface area (Å²) in [4.78, 5) is 30.8. The van der Waals surface area contributed by atoms with Crippen molar-refractivity contribution in [3.8, 4) is 0 Å². The van der Waals surface area contributed by atoms with E-state index in [0.29, 0.717) is 18.7 Å². The number of amides is 2. The Kier molecular flexibility index (Phi) is 4.21. The van der Waals surface area contributed by atoms with Crippen molar-refractivity contribution < 1.29 is 9.59 Å². The number of rotatable bonds is 4. The summed E-state index contributed by atoms with van der Waals surface area (Å²) in [6.45, 7) is 0.425. The molecule has 0 saturated carbocycles. The predicted molar refractivity (Wildman–Crippen MR) is 96.5 cm³/mol. The summed E-state index contributed by atoms with van der Waals surface area (Å²) in [7, 11) is 0. The average molecular weight is 353 g/mol. The zero-order chi connectivity index (χ0) is 17.3. The molecule has 1 N–H and O–H groups in total. The van der Waals surface area contributed by atoms with E-state index in [1.807, 2.05) is 35.2 Å². The molecular formula is C19H19N3O2S. The maximum absolute atomic E-state index is 12.7. The van der Waals surface area contributed by atoms with Crippen molar-refractivity contribution >= 4 is 23.6 Å². The number of nitrogens with zero attached hydrogens (tertiary/aromatic N) is 2. The van der Waals surface area contributed by atoms with E-state index in [2.05, 4.69) is 22.4 Å². The SMILES string of the molecule is O=C(NCc1cccnc1)C1CSC2(c3ccccc3)CCC(=O)N12. The van der Waals surface area contributed by atoms with Gasteiger partial charge in [-0.15, -0.1) is 11.8 Å². The van der Waals surface area contributed by atoms with Gasteiger partial charge in [0.1, 0.15) is 10.9 Å². The number of hydrogen-bond donors (Lipinski definition) is 1. The van der Waals surface area contributed by atoms with Crippen molar-refractivity contribution in [1.82, 2.24) is 15.2 Å². The predicted octanol–water partition coefficient (Wildman–Crippen LogP) is 2.29. The Labute approximate surface area is 150 Å². The van der Waals surface area contributed by atoms with Crippen LogP contribution in [0.5, 0.6) is 0 Å². The van der Waals surface area contributed by atoms with Crippen molar-refractivity contribution in [2.75, 3.05) is 5.75 Å². The third-order valence-corrected chi connectivity index (χ3v) is 6.44. The molecule has 0 radical (unpaired) electrons. The Morgan fingerprint density at radius 3 is 2.88 bits per heavy atom. The van der Waals surface area contributed by atoms with E-state index in [1.165, 1.54) is 0 Å². The molecule has 6 heteroatoms. The maximum atomic E-state index is 12.7. The molecule has 5 nitrogen and oxygen atoms in total. The van der Waals surface area contributed by atoms with E-state index < -0.39 is 10.9 Å². The lowest BCUT2D eigenvalue weighted by Gasteiger charge is -2.34. The summed E-state index contributed by atoms with van der Waals surface area (Å²) >= 11 is 1.71. The Morgan fingerprint density at radius 1 is 1.28 bits per heavy atom. The van der Waals surface area contributed by atoms with Gasteiger partial charge < -0.3 is 10.2 Å². The summed E-state index contributed by atoms with van der Waals surface area (Å²) in [5.41, 5.74) is 2.05. The first-order valence-electron chi connectivity index (χ1n) is 8.39. The van der Waals surface area contributed by atoms with Crippen LogP contribution in [0, 0.1) is 0 Å². The van der Waals surface area contributed by atoms with Crippen LogP contribution < -0.4 is 5.32 Å². The van der Waals surface area contributed by atoms with Crippen molar-refractivity contribution in [2.45, 2.75) is 30.3 Å². The molecule has 0 bridgehead atoms. The molecule has 2 atom stereocenters. The molecule has 1 aromatic carbocycles. The van der Waals surface area contributed by atoms with Crippen LogP contribution in [0.25, 0.3) is 0 Å². The number of nitrogens with one attached hydrogen (secondary N) is 1. The summed E-state index contributed by atoms with van der Waals surface area (Å²) in [6, 6.07) is 13.4. The van der Waals surface area contributed by atoms with Gasteiger partial charge in [-0.2, -0.15) is 0 Å². The van der Waals surface area contributed by atoms with Gasteiger partial charge in [-0.05, 0) is 23.6 Å². The highest BCUT2D eigenvalue weighted by Crippen LogP contribution is 2.54. The summed E-state index contributed by atoms with van der Waals surface area (Å²) < 4.78 is 0. The van der Waals surface area contributed by atoms with Gasteiger partial charge in [-0.25, -0.2) is 0 Å². The van der Waals surface area contributed by atoms with Crippen LogP contribution in [-0.4, -0.2) is 33.5 Å². The molecule has 0 spiro atoms. The zero-order valence-electron chi connectivity index (χ0n) is 13.7. The summed E-state index contributed by atoms with van der Waals surface area (Å²) in [5, 5.41) is 2.96. The van der Waals surface area contributed by atoms with E-state index in [0.717, 1.165) is 17.5 Å². The second-order valence-corrected chi connectivity index (χ2v) is 7.62. The molecule has 1 aromatic heterocycles. The second-order valence-electron chi connectivity index (χ2n) is 6.32. The zero-order valence-corrected chi connectivity index (χ0v) is 14.5. The van der Waals surface area contributed by atoms with Gasteiger partial charge >= 0.3 is 0 Å². The highest BCUT2D eigenvalue weighted by Gasteiger charge is 2.56. The number of pyridine rings is 1. The first-order chi connectivity index (χ1) is 12.2. The Hall–Kier alpha value is -2.34. The van der Waals surface area contributed by atoms with Crippen molar-refractivity contribution in [3.05, 3.63) is 66.0 Å². The number of hydrogen-bond acceptors (Lipinski definition) is 4. The van der Waals surface area contributed by atoms with Crippen molar-refractivity contribution in [3.63, 3.8) is 0 Å². The molecule has 3 heterocycles. The number of carbonyl (C=O) groups excluding carboxylic acids is 2. The quantitative estimate of drug-likeness (QED) is 0.916.